The molecule has 0 bridgehead atoms. The van der Waals surface area contributed by atoms with Gasteiger partial charge in [-0.1, -0.05) is 52.4 Å². The summed E-state index contributed by atoms with van der Waals surface area (Å²) >= 11 is 0. The zero-order chi connectivity index (χ0) is 13.5. The Bertz CT molecular complexity index is 164. The number of Topliss-reactive ketones (excluding diaryl/α,β-unsaturated/α-hetero) is 1. The first-order valence-electron chi connectivity index (χ1n) is 8.03. The quantitative estimate of drug-likeness (QED) is 0.648. The molecule has 1 heterocycles. The molecule has 1 rings (SSSR count). The van der Waals surface area contributed by atoms with Crippen LogP contribution in [0.1, 0.15) is 84.5 Å². The van der Waals surface area contributed by atoms with Gasteiger partial charge in [-0.25, -0.2) is 0 Å². The van der Waals surface area contributed by atoms with E-state index < -0.39 is 0 Å². The van der Waals surface area contributed by atoms with E-state index in [1.54, 1.807) is 0 Å². The van der Waals surface area contributed by atoms with E-state index >= 15 is 0 Å². The molecule has 0 aromatic heterocycles. The van der Waals surface area contributed by atoms with Crippen LogP contribution in [0.4, 0.5) is 0 Å². The highest BCUT2D eigenvalue weighted by atomic mass is 16.1. The van der Waals surface area contributed by atoms with E-state index in [9.17, 15) is 4.79 Å². The standard InChI is InChI=1S/C11H22O.C5H11N/c1-3-5-6-7-8-9-10-11(12)4-2;1-2-4-6-5-3-1/h3-10H2,1-2H3;6H,1-5H2. The van der Waals surface area contributed by atoms with Gasteiger partial charge < -0.3 is 5.32 Å². The third-order valence-electron chi connectivity index (χ3n) is 3.41. The van der Waals surface area contributed by atoms with Crippen LogP contribution >= 0.6 is 0 Å². The van der Waals surface area contributed by atoms with Crippen LogP contribution in [-0.2, 0) is 4.79 Å². The van der Waals surface area contributed by atoms with Crippen molar-refractivity contribution in [2.75, 3.05) is 13.1 Å². The second-order valence-electron chi connectivity index (χ2n) is 5.22. The van der Waals surface area contributed by atoms with Gasteiger partial charge in [-0.05, 0) is 32.4 Å². The smallest absolute Gasteiger partial charge is 0.132 e. The fourth-order valence-electron chi connectivity index (χ4n) is 2.08. The minimum Gasteiger partial charge on any atom is -0.317 e. The van der Waals surface area contributed by atoms with Gasteiger partial charge in [0, 0.05) is 12.8 Å². The number of piperidine rings is 1. The number of carbonyl (C=O) groups is 1. The molecule has 1 aliphatic heterocycles. The minimum absolute atomic E-state index is 0.422. The average molecular weight is 255 g/mol. The molecule has 0 aromatic carbocycles. The van der Waals surface area contributed by atoms with Crippen molar-refractivity contribution in [3.8, 4) is 0 Å². The predicted molar refractivity (Wildman–Crippen MR) is 80.0 cm³/mol. The Morgan fingerprint density at radius 2 is 1.50 bits per heavy atom. The zero-order valence-corrected chi connectivity index (χ0v) is 12.6. The molecule has 0 saturated carbocycles. The molecule has 0 aliphatic carbocycles. The summed E-state index contributed by atoms with van der Waals surface area (Å²) in [5, 5.41) is 3.28. The summed E-state index contributed by atoms with van der Waals surface area (Å²) < 4.78 is 0. The summed E-state index contributed by atoms with van der Waals surface area (Å²) in [6.45, 7) is 6.67. The van der Waals surface area contributed by atoms with Gasteiger partial charge in [-0.2, -0.15) is 0 Å². The van der Waals surface area contributed by atoms with E-state index in [0.717, 1.165) is 19.3 Å². The Hall–Kier alpha value is -0.370. The topological polar surface area (TPSA) is 29.1 Å². The van der Waals surface area contributed by atoms with Crippen LogP contribution in [0.5, 0.6) is 0 Å². The van der Waals surface area contributed by atoms with E-state index in [-0.39, 0.29) is 0 Å². The summed E-state index contributed by atoms with van der Waals surface area (Å²) in [5.41, 5.74) is 0. The van der Waals surface area contributed by atoms with Gasteiger partial charge in [0.2, 0.25) is 0 Å². The number of hydrogen-bond donors (Lipinski definition) is 1. The van der Waals surface area contributed by atoms with Crippen molar-refractivity contribution in [1.82, 2.24) is 5.32 Å². The van der Waals surface area contributed by atoms with Crippen molar-refractivity contribution < 1.29 is 4.79 Å². The van der Waals surface area contributed by atoms with E-state index in [4.69, 9.17) is 0 Å². The van der Waals surface area contributed by atoms with Gasteiger partial charge in [0.05, 0.1) is 0 Å². The van der Waals surface area contributed by atoms with Crippen molar-refractivity contribution in [2.45, 2.75) is 84.5 Å². The molecule has 0 spiro atoms. The third-order valence-corrected chi connectivity index (χ3v) is 3.41. The van der Waals surface area contributed by atoms with Crippen molar-refractivity contribution in [3.63, 3.8) is 0 Å². The van der Waals surface area contributed by atoms with Crippen LogP contribution in [0.3, 0.4) is 0 Å². The molecule has 0 amide bonds. The fourth-order valence-corrected chi connectivity index (χ4v) is 2.08. The van der Waals surface area contributed by atoms with Gasteiger partial charge >= 0.3 is 0 Å². The molecule has 0 atom stereocenters. The summed E-state index contributed by atoms with van der Waals surface area (Å²) in [6, 6.07) is 0. The van der Waals surface area contributed by atoms with Crippen LogP contribution in [-0.4, -0.2) is 18.9 Å². The maximum absolute atomic E-state index is 10.9. The Balaban J connectivity index is 0.000000397. The van der Waals surface area contributed by atoms with E-state index in [1.807, 2.05) is 6.92 Å². The van der Waals surface area contributed by atoms with Gasteiger partial charge in [0.25, 0.3) is 0 Å². The number of ketones is 1. The molecule has 1 aliphatic rings. The summed E-state index contributed by atoms with van der Waals surface area (Å²) in [6.07, 6.45) is 13.4. The molecule has 18 heavy (non-hydrogen) atoms. The lowest BCUT2D eigenvalue weighted by Crippen LogP contribution is -2.21. The largest absolute Gasteiger partial charge is 0.317 e. The molecular formula is C16H33NO. The minimum atomic E-state index is 0.422. The summed E-state index contributed by atoms with van der Waals surface area (Å²) in [7, 11) is 0. The molecule has 1 N–H and O–H groups in total. The van der Waals surface area contributed by atoms with Crippen molar-refractivity contribution in [1.29, 1.82) is 0 Å². The maximum atomic E-state index is 10.9. The van der Waals surface area contributed by atoms with Gasteiger partial charge in [-0.3, -0.25) is 4.79 Å². The SMILES string of the molecule is C1CCNCC1.CCCCCCCCC(=O)CC. The summed E-state index contributed by atoms with van der Waals surface area (Å²) in [5.74, 6) is 0.422. The van der Waals surface area contributed by atoms with Crippen LogP contribution in [0.2, 0.25) is 0 Å². The molecule has 1 saturated heterocycles. The lowest BCUT2D eigenvalue weighted by Gasteiger charge is -2.08. The molecular weight excluding hydrogens is 222 g/mol. The Labute approximate surface area is 114 Å². The highest BCUT2D eigenvalue weighted by molar-refractivity contribution is 5.77. The number of rotatable bonds is 8. The van der Waals surface area contributed by atoms with Crippen LogP contribution < -0.4 is 5.32 Å². The Kier molecular flexibility index (Phi) is 14.4. The number of carbonyl (C=O) groups excluding carboxylic acids is 1. The predicted octanol–water partition coefficient (Wildman–Crippen LogP) is 4.48. The van der Waals surface area contributed by atoms with E-state index in [1.165, 1.54) is 64.5 Å². The number of hydrogen-bond acceptors (Lipinski definition) is 2. The molecule has 0 aromatic rings. The van der Waals surface area contributed by atoms with Gasteiger partial charge in [-0.15, -0.1) is 0 Å². The van der Waals surface area contributed by atoms with Gasteiger partial charge in [0.15, 0.2) is 0 Å². The number of nitrogens with one attached hydrogen (secondary N) is 1. The van der Waals surface area contributed by atoms with Crippen molar-refractivity contribution in [3.05, 3.63) is 0 Å². The second-order valence-corrected chi connectivity index (χ2v) is 5.22. The summed E-state index contributed by atoms with van der Waals surface area (Å²) in [4.78, 5) is 10.9. The van der Waals surface area contributed by atoms with Crippen LogP contribution in [0.25, 0.3) is 0 Å². The Morgan fingerprint density at radius 1 is 0.889 bits per heavy atom. The Morgan fingerprint density at radius 3 is 1.94 bits per heavy atom. The number of unbranched alkanes of at least 4 members (excludes halogenated alkanes) is 5. The van der Waals surface area contributed by atoms with Crippen molar-refractivity contribution >= 4 is 5.78 Å². The third kappa shape index (κ3) is 13.7. The van der Waals surface area contributed by atoms with Crippen molar-refractivity contribution in [2.24, 2.45) is 0 Å². The lowest BCUT2D eigenvalue weighted by molar-refractivity contribution is -0.118. The molecule has 108 valence electrons. The molecule has 0 radical (unpaired) electrons. The molecule has 1 fully saturated rings. The fraction of sp³-hybridized carbons (Fsp3) is 0.938. The first kappa shape index (κ1) is 17.6. The van der Waals surface area contributed by atoms with Crippen LogP contribution in [0.15, 0.2) is 0 Å². The normalized spacial score (nSPS) is 14.8. The first-order valence-corrected chi connectivity index (χ1v) is 8.03. The van der Waals surface area contributed by atoms with Gasteiger partial charge in [0.1, 0.15) is 5.78 Å². The molecule has 2 nitrogen and oxygen atoms in total. The molecule has 0 unspecified atom stereocenters. The maximum Gasteiger partial charge on any atom is 0.132 e. The highest BCUT2D eigenvalue weighted by Gasteiger charge is 1.96. The monoisotopic (exact) mass is 255 g/mol. The van der Waals surface area contributed by atoms with E-state index in [2.05, 4.69) is 12.2 Å². The van der Waals surface area contributed by atoms with Crippen LogP contribution in [0, 0.1) is 0 Å². The lowest BCUT2D eigenvalue weighted by atomic mass is 10.1. The first-order chi connectivity index (χ1) is 8.81. The zero-order valence-electron chi connectivity index (χ0n) is 12.6. The second kappa shape index (κ2) is 14.7. The average Bonchev–Trinajstić information content (AvgIpc) is 2.45. The van der Waals surface area contributed by atoms with E-state index in [0.29, 0.717) is 5.78 Å². The highest BCUT2D eigenvalue weighted by Crippen LogP contribution is 2.07. The molecule has 2 heteroatoms.